The van der Waals surface area contributed by atoms with E-state index in [0.29, 0.717) is 43.0 Å². The van der Waals surface area contributed by atoms with E-state index in [9.17, 15) is 19.7 Å². The number of nitrogens with zero attached hydrogens (tertiary/aromatic N) is 2. The Morgan fingerprint density at radius 2 is 1.50 bits per heavy atom. The van der Waals surface area contributed by atoms with E-state index >= 15 is 0 Å². The highest BCUT2D eigenvalue weighted by atomic mass is 16.6. The van der Waals surface area contributed by atoms with Crippen LogP contribution in [0.25, 0.3) is 16.7 Å². The van der Waals surface area contributed by atoms with Gasteiger partial charge < -0.3 is 15.0 Å². The van der Waals surface area contributed by atoms with Crippen LogP contribution in [0.1, 0.15) is 21.5 Å². The number of nitro groups is 1. The monoisotopic (exact) mass is 455 g/mol. The van der Waals surface area contributed by atoms with Gasteiger partial charge >= 0.3 is 0 Å². The van der Waals surface area contributed by atoms with Gasteiger partial charge in [0.15, 0.2) is 0 Å². The van der Waals surface area contributed by atoms with Gasteiger partial charge in [-0.05, 0) is 40.5 Å². The Kier molecular flexibility index (Phi) is 5.65. The summed E-state index contributed by atoms with van der Waals surface area (Å²) in [6, 6.07) is 20.7. The molecule has 34 heavy (non-hydrogen) atoms. The predicted molar refractivity (Wildman–Crippen MR) is 126 cm³/mol. The second-order valence-corrected chi connectivity index (χ2v) is 8.01. The number of nitro benzene ring substituents is 1. The number of fused-ring (bicyclic) bond motifs is 3. The van der Waals surface area contributed by atoms with Crippen molar-refractivity contribution in [3.8, 4) is 11.1 Å². The Bertz CT molecular complexity index is 1330. The maximum Gasteiger partial charge on any atom is 0.271 e. The molecule has 3 aromatic rings. The molecule has 8 nitrogen and oxygen atoms in total. The van der Waals surface area contributed by atoms with Crippen LogP contribution in [-0.4, -0.2) is 47.9 Å². The third-order valence-electron chi connectivity index (χ3n) is 6.01. The molecule has 1 aliphatic carbocycles. The molecular formula is C26H21N3O5. The maximum atomic E-state index is 13.8. The lowest BCUT2D eigenvalue weighted by molar-refractivity contribution is -0.384. The number of amides is 2. The minimum absolute atomic E-state index is 0.0865. The first kappa shape index (κ1) is 21.5. The summed E-state index contributed by atoms with van der Waals surface area (Å²) in [7, 11) is 0. The van der Waals surface area contributed by atoms with Crippen LogP contribution in [0.2, 0.25) is 0 Å². The molecule has 2 amide bonds. The van der Waals surface area contributed by atoms with Crippen molar-refractivity contribution in [2.75, 3.05) is 26.3 Å². The summed E-state index contributed by atoms with van der Waals surface area (Å²) in [5.41, 5.74) is 3.81. The van der Waals surface area contributed by atoms with Gasteiger partial charge in [0, 0.05) is 36.4 Å². The van der Waals surface area contributed by atoms with E-state index in [-0.39, 0.29) is 17.3 Å². The molecule has 0 spiro atoms. The Balaban J connectivity index is 1.71. The van der Waals surface area contributed by atoms with Crippen molar-refractivity contribution in [2.45, 2.75) is 0 Å². The van der Waals surface area contributed by atoms with Gasteiger partial charge in [0.1, 0.15) is 5.70 Å². The highest BCUT2D eigenvalue weighted by Crippen LogP contribution is 2.46. The first-order valence-corrected chi connectivity index (χ1v) is 10.9. The molecular weight excluding hydrogens is 434 g/mol. The molecule has 0 unspecified atom stereocenters. The fraction of sp³-hybridized carbons (Fsp3) is 0.154. The highest BCUT2D eigenvalue weighted by molar-refractivity contribution is 6.14. The van der Waals surface area contributed by atoms with Gasteiger partial charge in [-0.15, -0.1) is 0 Å². The standard InChI is InChI=1S/C26H21N3O5/c30-25(17-6-2-1-3-7-17)27-24(26(31)28-12-14-34-15-13-28)23-21-9-5-4-8-19(21)20-11-10-18(29(32)33)16-22(20)23/h1-11,16H,12-15H2,(H,27,30)/b24-23-. The van der Waals surface area contributed by atoms with Gasteiger partial charge in [0.05, 0.1) is 18.1 Å². The second kappa shape index (κ2) is 8.92. The van der Waals surface area contributed by atoms with Gasteiger partial charge in [-0.3, -0.25) is 19.7 Å². The van der Waals surface area contributed by atoms with Crippen molar-refractivity contribution in [3.05, 3.63) is 105 Å². The average Bonchev–Trinajstić information content (AvgIpc) is 3.21. The summed E-state index contributed by atoms with van der Waals surface area (Å²) in [5, 5.41) is 14.4. The Morgan fingerprint density at radius 1 is 0.853 bits per heavy atom. The lowest BCUT2D eigenvalue weighted by Gasteiger charge is -2.28. The number of hydrogen-bond donors (Lipinski definition) is 1. The summed E-state index contributed by atoms with van der Waals surface area (Å²) in [5.74, 6) is -0.780. The quantitative estimate of drug-likeness (QED) is 0.288. The molecule has 0 bridgehead atoms. The molecule has 8 heteroatoms. The van der Waals surface area contributed by atoms with E-state index in [1.165, 1.54) is 12.1 Å². The summed E-state index contributed by atoms with van der Waals surface area (Å²) in [6.45, 7) is 1.58. The molecule has 0 saturated carbocycles. The summed E-state index contributed by atoms with van der Waals surface area (Å²) < 4.78 is 5.39. The molecule has 170 valence electrons. The lowest BCUT2D eigenvalue weighted by Crippen LogP contribution is -2.44. The molecule has 1 N–H and O–H groups in total. The Labute approximate surface area is 195 Å². The Morgan fingerprint density at radius 3 is 2.21 bits per heavy atom. The van der Waals surface area contributed by atoms with Gasteiger partial charge in [-0.25, -0.2) is 0 Å². The molecule has 0 aromatic heterocycles. The van der Waals surface area contributed by atoms with Crippen LogP contribution in [0.15, 0.2) is 78.5 Å². The first-order chi connectivity index (χ1) is 16.5. The molecule has 1 heterocycles. The topological polar surface area (TPSA) is 102 Å². The van der Waals surface area contributed by atoms with E-state index in [1.807, 2.05) is 24.3 Å². The third-order valence-corrected chi connectivity index (χ3v) is 6.01. The zero-order valence-electron chi connectivity index (χ0n) is 18.2. The molecule has 0 radical (unpaired) electrons. The molecule has 1 saturated heterocycles. The largest absolute Gasteiger partial charge is 0.378 e. The van der Waals surface area contributed by atoms with E-state index in [2.05, 4.69) is 5.32 Å². The number of nitrogens with one attached hydrogen (secondary N) is 1. The second-order valence-electron chi connectivity index (χ2n) is 8.01. The molecule has 5 rings (SSSR count). The van der Waals surface area contributed by atoms with Crippen molar-refractivity contribution in [2.24, 2.45) is 0 Å². The van der Waals surface area contributed by atoms with Crippen LogP contribution < -0.4 is 5.32 Å². The Hall–Kier alpha value is -4.30. The molecule has 1 aliphatic heterocycles. The smallest absolute Gasteiger partial charge is 0.271 e. The minimum atomic E-state index is -0.465. The number of carbonyl (C=O) groups is 2. The fourth-order valence-corrected chi connectivity index (χ4v) is 4.36. The number of non-ortho nitro benzene ring substituents is 1. The van der Waals surface area contributed by atoms with Crippen LogP contribution in [0.4, 0.5) is 5.69 Å². The van der Waals surface area contributed by atoms with Crippen LogP contribution in [0.5, 0.6) is 0 Å². The summed E-state index contributed by atoms with van der Waals surface area (Å²) >= 11 is 0. The van der Waals surface area contributed by atoms with Crippen LogP contribution in [-0.2, 0) is 9.53 Å². The number of hydrogen-bond acceptors (Lipinski definition) is 5. The van der Waals surface area contributed by atoms with Crippen LogP contribution in [0.3, 0.4) is 0 Å². The molecule has 2 aliphatic rings. The predicted octanol–water partition coefficient (Wildman–Crippen LogP) is 3.62. The highest BCUT2D eigenvalue weighted by Gasteiger charge is 2.33. The van der Waals surface area contributed by atoms with Crippen molar-refractivity contribution in [1.29, 1.82) is 0 Å². The molecule has 0 atom stereocenters. The number of ether oxygens (including phenoxy) is 1. The van der Waals surface area contributed by atoms with Gasteiger partial charge in [-0.2, -0.15) is 0 Å². The zero-order valence-corrected chi connectivity index (χ0v) is 18.2. The fourth-order valence-electron chi connectivity index (χ4n) is 4.36. The molecule has 1 fully saturated rings. The number of benzene rings is 3. The SMILES string of the molecule is O=C(N/C(C(=O)N1CCOCC1)=C1/c2ccccc2-c2ccc([N+](=O)[O-])cc21)c1ccccc1. The van der Waals surface area contributed by atoms with Crippen LogP contribution >= 0.6 is 0 Å². The van der Waals surface area contributed by atoms with E-state index < -0.39 is 10.8 Å². The zero-order chi connectivity index (χ0) is 23.7. The maximum absolute atomic E-state index is 13.8. The first-order valence-electron chi connectivity index (χ1n) is 10.9. The van der Waals surface area contributed by atoms with Gasteiger partial charge in [-0.1, -0.05) is 42.5 Å². The van der Waals surface area contributed by atoms with Gasteiger partial charge in [0.25, 0.3) is 17.5 Å². The normalized spacial score (nSPS) is 15.8. The number of rotatable bonds is 4. The summed E-state index contributed by atoms with van der Waals surface area (Å²) in [6.07, 6.45) is 0. The van der Waals surface area contributed by atoms with Crippen molar-refractivity contribution >= 4 is 23.1 Å². The number of carbonyl (C=O) groups excluding carboxylic acids is 2. The van der Waals surface area contributed by atoms with Crippen molar-refractivity contribution in [3.63, 3.8) is 0 Å². The van der Waals surface area contributed by atoms with Crippen molar-refractivity contribution in [1.82, 2.24) is 10.2 Å². The third kappa shape index (κ3) is 3.84. The van der Waals surface area contributed by atoms with E-state index in [0.717, 1.165) is 16.7 Å². The van der Waals surface area contributed by atoms with Crippen molar-refractivity contribution < 1.29 is 19.2 Å². The summed E-state index contributed by atoms with van der Waals surface area (Å²) in [4.78, 5) is 39.6. The van der Waals surface area contributed by atoms with Crippen LogP contribution in [0, 0.1) is 10.1 Å². The van der Waals surface area contributed by atoms with Gasteiger partial charge in [0.2, 0.25) is 0 Å². The minimum Gasteiger partial charge on any atom is -0.378 e. The molecule has 3 aromatic carbocycles. The van der Waals surface area contributed by atoms with E-state index in [1.54, 1.807) is 41.3 Å². The van der Waals surface area contributed by atoms with E-state index in [4.69, 9.17) is 4.74 Å². The lowest BCUT2D eigenvalue weighted by atomic mass is 10.00. The number of morpholine rings is 1. The average molecular weight is 455 g/mol.